The number of hydrogen-bond donors (Lipinski definition) is 1. The number of halogens is 3. The van der Waals surface area contributed by atoms with Crippen LogP contribution in [0.3, 0.4) is 0 Å². The van der Waals surface area contributed by atoms with Gasteiger partial charge in [-0.3, -0.25) is 0 Å². The second-order valence-electron chi connectivity index (χ2n) is 1.85. The summed E-state index contributed by atoms with van der Waals surface area (Å²) in [5.41, 5.74) is 0. The van der Waals surface area contributed by atoms with Gasteiger partial charge in [0, 0.05) is 6.26 Å². The molecule has 0 aliphatic carbocycles. The number of thiol groups is 1. The van der Waals surface area contributed by atoms with E-state index in [1.54, 1.807) is 0 Å². The third-order valence-corrected chi connectivity index (χ3v) is 2.12. The highest BCUT2D eigenvalue weighted by Crippen LogP contribution is 2.29. The Labute approximate surface area is 62.2 Å². The summed E-state index contributed by atoms with van der Waals surface area (Å²) in [6.07, 6.45) is 0.171. The number of carbonyl (C=O) groups is 1. The van der Waals surface area contributed by atoms with Crippen LogP contribution in [0, 0.1) is 0 Å². The monoisotopic (exact) mass is 192 g/mol. The minimum Gasteiger partial charge on any atom is -0.464 e. The Morgan fingerprint density at radius 2 is 1.91 bits per heavy atom. The zero-order valence-electron chi connectivity index (χ0n) is 5.81. The van der Waals surface area contributed by atoms with Crippen molar-refractivity contribution in [2.75, 3.05) is 13.4 Å². The normalized spacial score (nSPS) is 14.3. The van der Waals surface area contributed by atoms with Gasteiger partial charge in [0.25, 0.3) is 0 Å². The molecule has 0 amide bonds. The number of alkyl halides is 2. The van der Waals surface area contributed by atoms with E-state index in [2.05, 4.69) is 4.74 Å². The fourth-order valence-corrected chi connectivity index (χ4v) is 0.703. The number of methoxy groups -OCH3 is 1. The Morgan fingerprint density at radius 3 is 2.00 bits per heavy atom. The zero-order chi connectivity index (χ0) is 9.28. The molecule has 0 aliphatic heterocycles. The van der Waals surface area contributed by atoms with Gasteiger partial charge in [0.2, 0.25) is 0 Å². The molecule has 0 spiro atoms. The van der Waals surface area contributed by atoms with Gasteiger partial charge in [-0.2, -0.15) is 12.7 Å². The van der Waals surface area contributed by atoms with Crippen molar-refractivity contribution < 1.29 is 26.4 Å². The first-order chi connectivity index (χ1) is 4.73. The molecule has 0 aliphatic rings. The third-order valence-electron chi connectivity index (χ3n) is 0.933. The molecule has 0 radical (unpaired) electrons. The predicted molar refractivity (Wildman–Crippen MR) is 33.5 cm³/mol. The van der Waals surface area contributed by atoms with Gasteiger partial charge >= 0.3 is 11.2 Å². The molecular formula is C4H7F3O3S. The highest BCUT2D eigenvalue weighted by atomic mass is 32.3. The van der Waals surface area contributed by atoms with Crippen LogP contribution in [0.4, 0.5) is 12.7 Å². The number of rotatable bonds is 2. The second-order valence-corrected chi connectivity index (χ2v) is 4.05. The zero-order valence-corrected chi connectivity index (χ0v) is 6.70. The van der Waals surface area contributed by atoms with Crippen molar-refractivity contribution in [3.63, 3.8) is 0 Å². The molecule has 0 bridgehead atoms. The summed E-state index contributed by atoms with van der Waals surface area (Å²) in [5.74, 6) is -2.12. The van der Waals surface area contributed by atoms with E-state index in [1.807, 2.05) is 0 Å². The number of ether oxygens (including phenoxy) is 1. The van der Waals surface area contributed by atoms with Gasteiger partial charge in [-0.25, -0.2) is 9.00 Å². The minimum absolute atomic E-state index is 0.171. The summed E-state index contributed by atoms with van der Waals surface area (Å²) in [5, 5.41) is -4.53. The first kappa shape index (κ1) is 10.4. The topological polar surface area (TPSA) is 43.4 Å². The molecule has 0 N–H and O–H groups in total. The van der Waals surface area contributed by atoms with E-state index in [0.29, 0.717) is 7.11 Å². The van der Waals surface area contributed by atoms with Crippen LogP contribution in [0.25, 0.3) is 0 Å². The highest BCUT2D eigenvalue weighted by molar-refractivity contribution is 7.99. The fraction of sp³-hybridized carbons (Fsp3) is 0.750. The van der Waals surface area contributed by atoms with Crippen molar-refractivity contribution in [3.8, 4) is 0 Å². The van der Waals surface area contributed by atoms with Gasteiger partial charge in [-0.15, -0.1) is 0 Å². The van der Waals surface area contributed by atoms with Crippen molar-refractivity contribution in [1.29, 1.82) is 0 Å². The van der Waals surface area contributed by atoms with Crippen molar-refractivity contribution in [2.45, 2.75) is 5.25 Å². The molecule has 0 unspecified atom stereocenters. The van der Waals surface area contributed by atoms with Crippen molar-refractivity contribution in [2.24, 2.45) is 0 Å². The van der Waals surface area contributed by atoms with Crippen molar-refractivity contribution in [3.05, 3.63) is 0 Å². The van der Waals surface area contributed by atoms with Crippen molar-refractivity contribution >= 4 is 16.3 Å². The van der Waals surface area contributed by atoms with E-state index in [9.17, 15) is 21.7 Å². The van der Waals surface area contributed by atoms with Crippen LogP contribution < -0.4 is 0 Å². The lowest BCUT2D eigenvalue weighted by Crippen LogP contribution is -2.39. The van der Waals surface area contributed by atoms with Crippen LogP contribution in [-0.4, -0.2) is 28.8 Å². The molecule has 11 heavy (non-hydrogen) atoms. The molecule has 0 atom stereocenters. The summed E-state index contributed by atoms with van der Waals surface area (Å²) in [6.45, 7) is 0. The maximum atomic E-state index is 12.2. The Kier molecular flexibility index (Phi) is 2.65. The number of esters is 1. The molecule has 0 aromatic heterocycles. The molecule has 0 rings (SSSR count). The summed E-state index contributed by atoms with van der Waals surface area (Å²) in [4.78, 5) is 10.1. The molecule has 0 fully saturated rings. The molecule has 68 valence electrons. The van der Waals surface area contributed by atoms with Crippen LogP contribution >= 0.6 is 0 Å². The second kappa shape index (κ2) is 2.80. The molecule has 0 aromatic carbocycles. The van der Waals surface area contributed by atoms with E-state index in [0.717, 1.165) is 0 Å². The highest BCUT2D eigenvalue weighted by Gasteiger charge is 2.51. The maximum Gasteiger partial charge on any atom is 0.417 e. The van der Waals surface area contributed by atoms with Gasteiger partial charge in [-0.05, 0) is 0 Å². The van der Waals surface area contributed by atoms with Crippen LogP contribution in [0.1, 0.15) is 0 Å². The van der Waals surface area contributed by atoms with E-state index in [1.165, 1.54) is 0 Å². The summed E-state index contributed by atoms with van der Waals surface area (Å²) >= 11 is 0. The summed E-state index contributed by atoms with van der Waals surface area (Å²) in [6, 6.07) is 0. The Bertz CT molecular complexity index is 209. The Morgan fingerprint density at radius 1 is 1.55 bits per heavy atom. The lowest BCUT2D eigenvalue weighted by atomic mass is 10.7. The largest absolute Gasteiger partial charge is 0.464 e. The standard InChI is InChI=1S/C4H7F3O3S/c1-10-3(8)4(5,6)11(2,7)9/h11H,1-2H3. The molecule has 0 aromatic rings. The molecule has 0 saturated carbocycles. The minimum atomic E-state index is -5.25. The molecule has 7 heteroatoms. The first-order valence-corrected chi connectivity index (χ1v) is 4.51. The summed E-state index contributed by atoms with van der Waals surface area (Å²) in [7, 11) is -4.59. The van der Waals surface area contributed by atoms with Crippen LogP contribution in [0.5, 0.6) is 0 Å². The average molecular weight is 192 g/mol. The quantitative estimate of drug-likeness (QED) is 0.388. The van der Waals surface area contributed by atoms with E-state index in [4.69, 9.17) is 0 Å². The fourth-order valence-electron chi connectivity index (χ4n) is 0.286. The Balaban J connectivity index is 4.74. The number of carbonyl (C=O) groups excluding carboxylic acids is 1. The molecule has 3 nitrogen and oxygen atoms in total. The van der Waals surface area contributed by atoms with E-state index >= 15 is 0 Å². The third kappa shape index (κ3) is 1.92. The Hall–Kier alpha value is -0.590. The summed E-state index contributed by atoms with van der Waals surface area (Å²) < 4.78 is 50.2. The lowest BCUT2D eigenvalue weighted by molar-refractivity contribution is -0.157. The van der Waals surface area contributed by atoms with E-state index < -0.39 is 21.5 Å². The SMILES string of the molecule is COC(=O)C(F)(F)[SH](C)(=O)F. The lowest BCUT2D eigenvalue weighted by Gasteiger charge is -2.18. The molecular weight excluding hydrogens is 185 g/mol. The van der Waals surface area contributed by atoms with E-state index in [-0.39, 0.29) is 6.26 Å². The first-order valence-electron chi connectivity index (χ1n) is 2.47. The van der Waals surface area contributed by atoms with Gasteiger partial charge in [0.1, 0.15) is 0 Å². The predicted octanol–water partition coefficient (Wildman–Crippen LogP) is 0.283. The van der Waals surface area contributed by atoms with Gasteiger partial charge in [0.15, 0.2) is 0 Å². The van der Waals surface area contributed by atoms with Crippen LogP contribution in [-0.2, 0) is 19.9 Å². The maximum absolute atomic E-state index is 12.2. The van der Waals surface area contributed by atoms with Crippen molar-refractivity contribution in [1.82, 2.24) is 0 Å². The van der Waals surface area contributed by atoms with Gasteiger partial charge in [-0.1, -0.05) is 0 Å². The van der Waals surface area contributed by atoms with Gasteiger partial charge in [0.05, 0.1) is 17.4 Å². The van der Waals surface area contributed by atoms with Crippen LogP contribution in [0.15, 0.2) is 0 Å². The molecule has 0 saturated heterocycles. The number of hydrogen-bond acceptors (Lipinski definition) is 3. The van der Waals surface area contributed by atoms with Crippen LogP contribution in [0.2, 0.25) is 0 Å². The smallest absolute Gasteiger partial charge is 0.417 e. The van der Waals surface area contributed by atoms with Gasteiger partial charge < -0.3 is 4.74 Å². The molecule has 0 heterocycles. The average Bonchev–Trinajstić information content (AvgIpc) is 1.83.